The molecule has 2 N–H and O–H groups in total. The summed E-state index contributed by atoms with van der Waals surface area (Å²) in [7, 11) is 0. The molecule has 0 radical (unpaired) electrons. The molecule has 26 heavy (non-hydrogen) atoms. The summed E-state index contributed by atoms with van der Waals surface area (Å²) in [6, 6.07) is 21.4. The first kappa shape index (κ1) is 15.8. The highest BCUT2D eigenvalue weighted by Gasteiger charge is 2.33. The van der Waals surface area contributed by atoms with Crippen LogP contribution in [0.3, 0.4) is 0 Å². The van der Waals surface area contributed by atoms with E-state index in [1.807, 2.05) is 36.4 Å². The molecule has 5 nitrogen and oxygen atoms in total. The lowest BCUT2D eigenvalue weighted by molar-refractivity contribution is 0.0880. The highest BCUT2D eigenvalue weighted by molar-refractivity contribution is 6.27. The fourth-order valence-electron chi connectivity index (χ4n) is 3.05. The third-order valence-corrected chi connectivity index (χ3v) is 4.26. The number of imide groups is 1. The van der Waals surface area contributed by atoms with Crippen molar-refractivity contribution in [1.29, 1.82) is 0 Å². The van der Waals surface area contributed by atoms with Crippen molar-refractivity contribution in [3.8, 4) is 11.1 Å². The molecule has 4 rings (SSSR count). The smallest absolute Gasteiger partial charge is 0.261 e. The Labute approximate surface area is 149 Å². The summed E-state index contributed by atoms with van der Waals surface area (Å²) in [4.78, 5) is 37.1. The summed E-state index contributed by atoms with van der Waals surface area (Å²) in [6.07, 6.45) is 0. The van der Waals surface area contributed by atoms with Crippen LogP contribution in [0.5, 0.6) is 0 Å². The molecule has 1 aliphatic rings. The van der Waals surface area contributed by atoms with E-state index >= 15 is 0 Å². The van der Waals surface area contributed by atoms with Crippen molar-refractivity contribution in [3.05, 3.63) is 89.5 Å². The van der Waals surface area contributed by atoms with Gasteiger partial charge in [-0.3, -0.25) is 19.7 Å². The summed E-state index contributed by atoms with van der Waals surface area (Å²) in [5.41, 5.74) is 2.75. The van der Waals surface area contributed by atoms with Crippen LogP contribution < -0.4 is 10.6 Å². The minimum absolute atomic E-state index is 0.195. The Morgan fingerprint density at radius 1 is 0.731 bits per heavy atom. The molecule has 3 amide bonds. The fourth-order valence-corrected chi connectivity index (χ4v) is 3.05. The molecule has 1 aliphatic heterocycles. The van der Waals surface area contributed by atoms with Crippen LogP contribution in [0.4, 0.5) is 5.69 Å². The van der Waals surface area contributed by atoms with Gasteiger partial charge in [-0.25, -0.2) is 0 Å². The van der Waals surface area contributed by atoms with E-state index in [0.717, 1.165) is 5.56 Å². The fraction of sp³-hybridized carbons (Fsp3) is 0. The average Bonchev–Trinajstić information content (AvgIpc) is 2.98. The van der Waals surface area contributed by atoms with Gasteiger partial charge in [-0.1, -0.05) is 54.6 Å². The third kappa shape index (κ3) is 2.65. The molecule has 0 aromatic heterocycles. The Kier molecular flexibility index (Phi) is 3.82. The zero-order valence-electron chi connectivity index (χ0n) is 13.7. The third-order valence-electron chi connectivity index (χ3n) is 4.26. The Balaban J connectivity index is 1.80. The normalized spacial score (nSPS) is 12.5. The first-order chi connectivity index (χ1) is 12.6. The topological polar surface area (TPSA) is 75.3 Å². The van der Waals surface area contributed by atoms with Crippen molar-refractivity contribution < 1.29 is 14.4 Å². The number of carbonyl (C=O) groups excluding carboxylic acids is 3. The highest BCUT2D eigenvalue weighted by atomic mass is 16.2. The monoisotopic (exact) mass is 342 g/mol. The van der Waals surface area contributed by atoms with Crippen molar-refractivity contribution >= 4 is 23.4 Å². The van der Waals surface area contributed by atoms with E-state index in [2.05, 4.69) is 10.6 Å². The van der Waals surface area contributed by atoms with Gasteiger partial charge >= 0.3 is 0 Å². The predicted octanol–water partition coefficient (Wildman–Crippen LogP) is 3.49. The van der Waals surface area contributed by atoms with E-state index < -0.39 is 11.8 Å². The van der Waals surface area contributed by atoms with Crippen LogP contribution in [0.15, 0.2) is 72.8 Å². The molecule has 1 heterocycles. The minimum Gasteiger partial charge on any atom is -0.321 e. The standard InChI is InChI=1S/C21H14N2O3/c24-19(14-9-5-2-6-10-14)22-16-12-11-15(13-7-3-1-4-8-13)17-18(16)21(26)23-20(17)25/h1-12H,(H,22,24)(H,23,25,26). The Morgan fingerprint density at radius 3 is 2.04 bits per heavy atom. The van der Waals surface area contributed by atoms with E-state index in [9.17, 15) is 14.4 Å². The number of hydrogen-bond acceptors (Lipinski definition) is 3. The lowest BCUT2D eigenvalue weighted by atomic mass is 9.95. The van der Waals surface area contributed by atoms with Crippen LogP contribution in [-0.2, 0) is 0 Å². The molecule has 5 heteroatoms. The van der Waals surface area contributed by atoms with Crippen LogP contribution in [0, 0.1) is 0 Å². The molecule has 3 aromatic rings. The molecule has 0 saturated heterocycles. The number of carbonyl (C=O) groups is 3. The van der Waals surface area contributed by atoms with Gasteiger partial charge in [0.1, 0.15) is 0 Å². The average molecular weight is 342 g/mol. The number of benzene rings is 3. The molecule has 126 valence electrons. The minimum atomic E-state index is -0.508. The van der Waals surface area contributed by atoms with Gasteiger partial charge in [-0.2, -0.15) is 0 Å². The van der Waals surface area contributed by atoms with E-state index in [0.29, 0.717) is 16.8 Å². The number of amides is 3. The van der Waals surface area contributed by atoms with Gasteiger partial charge < -0.3 is 5.32 Å². The quantitative estimate of drug-likeness (QED) is 0.716. The first-order valence-electron chi connectivity index (χ1n) is 8.09. The molecule has 0 unspecified atom stereocenters. The van der Waals surface area contributed by atoms with Crippen LogP contribution in [0.2, 0.25) is 0 Å². The van der Waals surface area contributed by atoms with Crippen LogP contribution in [0.1, 0.15) is 31.1 Å². The Bertz CT molecular complexity index is 1030. The van der Waals surface area contributed by atoms with Crippen molar-refractivity contribution in [2.45, 2.75) is 0 Å². The van der Waals surface area contributed by atoms with Gasteiger partial charge in [-0.05, 0) is 29.3 Å². The van der Waals surface area contributed by atoms with Crippen molar-refractivity contribution in [1.82, 2.24) is 5.32 Å². The lowest BCUT2D eigenvalue weighted by Gasteiger charge is -2.12. The van der Waals surface area contributed by atoms with Gasteiger partial charge in [0, 0.05) is 5.56 Å². The number of rotatable bonds is 3. The second kappa shape index (κ2) is 6.29. The zero-order chi connectivity index (χ0) is 18.1. The van der Waals surface area contributed by atoms with Crippen LogP contribution in [-0.4, -0.2) is 17.7 Å². The van der Waals surface area contributed by atoms with Crippen LogP contribution >= 0.6 is 0 Å². The maximum Gasteiger partial charge on any atom is 0.261 e. The van der Waals surface area contributed by atoms with E-state index in [-0.39, 0.29) is 17.0 Å². The first-order valence-corrected chi connectivity index (χ1v) is 8.09. The molecule has 0 saturated carbocycles. The molecule has 0 atom stereocenters. The van der Waals surface area contributed by atoms with Crippen molar-refractivity contribution in [2.24, 2.45) is 0 Å². The second-order valence-electron chi connectivity index (χ2n) is 5.88. The number of fused-ring (bicyclic) bond motifs is 1. The summed E-state index contributed by atoms with van der Waals surface area (Å²) < 4.78 is 0. The summed E-state index contributed by atoms with van der Waals surface area (Å²) >= 11 is 0. The number of nitrogens with one attached hydrogen (secondary N) is 2. The van der Waals surface area contributed by atoms with E-state index in [1.54, 1.807) is 36.4 Å². The highest BCUT2D eigenvalue weighted by Crippen LogP contribution is 2.34. The van der Waals surface area contributed by atoms with Crippen molar-refractivity contribution in [3.63, 3.8) is 0 Å². The molecule has 0 bridgehead atoms. The molecular weight excluding hydrogens is 328 g/mol. The molecule has 0 spiro atoms. The molecular formula is C21H14N2O3. The Morgan fingerprint density at radius 2 is 1.35 bits per heavy atom. The van der Waals surface area contributed by atoms with Gasteiger partial charge in [0.15, 0.2) is 0 Å². The lowest BCUT2D eigenvalue weighted by Crippen LogP contribution is -2.21. The van der Waals surface area contributed by atoms with Crippen LogP contribution in [0.25, 0.3) is 11.1 Å². The maximum absolute atomic E-state index is 12.4. The number of hydrogen-bond donors (Lipinski definition) is 2. The Hall–Kier alpha value is -3.73. The second-order valence-corrected chi connectivity index (χ2v) is 5.88. The SMILES string of the molecule is O=C(Nc1ccc(-c2ccccc2)c2c1C(=O)NC2=O)c1ccccc1. The molecule has 3 aromatic carbocycles. The largest absolute Gasteiger partial charge is 0.321 e. The number of anilines is 1. The molecule has 0 aliphatic carbocycles. The summed E-state index contributed by atoms with van der Waals surface area (Å²) in [5, 5.41) is 5.05. The summed E-state index contributed by atoms with van der Waals surface area (Å²) in [5.74, 6) is -1.31. The zero-order valence-corrected chi connectivity index (χ0v) is 13.7. The summed E-state index contributed by atoms with van der Waals surface area (Å²) in [6.45, 7) is 0. The van der Waals surface area contributed by atoms with E-state index in [4.69, 9.17) is 0 Å². The molecule has 0 fully saturated rings. The maximum atomic E-state index is 12.4. The predicted molar refractivity (Wildman–Crippen MR) is 98.1 cm³/mol. The van der Waals surface area contributed by atoms with Gasteiger partial charge in [0.2, 0.25) is 0 Å². The van der Waals surface area contributed by atoms with E-state index in [1.165, 1.54) is 0 Å². The van der Waals surface area contributed by atoms with Crippen molar-refractivity contribution in [2.75, 3.05) is 5.32 Å². The van der Waals surface area contributed by atoms with Gasteiger partial charge in [-0.15, -0.1) is 0 Å². The van der Waals surface area contributed by atoms with Gasteiger partial charge in [0.05, 0.1) is 16.8 Å². The van der Waals surface area contributed by atoms with Gasteiger partial charge in [0.25, 0.3) is 17.7 Å².